The molecule has 0 aromatic heterocycles. The Morgan fingerprint density at radius 1 is 0.857 bits per heavy atom. The van der Waals surface area contributed by atoms with Crippen LogP contribution in [0, 0.1) is 11.8 Å². The number of carboxylic acids is 1. The Kier molecular flexibility index (Phi) is 4.72. The van der Waals surface area contributed by atoms with Crippen LogP contribution in [0.15, 0.2) is 42.5 Å². The summed E-state index contributed by atoms with van der Waals surface area (Å²) in [5.41, 5.74) is 2.97. The van der Waals surface area contributed by atoms with Crippen molar-refractivity contribution in [2.45, 2.75) is 13.2 Å². The second kappa shape index (κ2) is 6.71. The zero-order valence-corrected chi connectivity index (χ0v) is 11.2. The van der Waals surface area contributed by atoms with Crippen molar-refractivity contribution in [1.82, 2.24) is 0 Å². The lowest BCUT2D eigenvalue weighted by Gasteiger charge is -2.02. The van der Waals surface area contributed by atoms with Crippen molar-refractivity contribution in [3.63, 3.8) is 0 Å². The lowest BCUT2D eigenvalue weighted by atomic mass is 10.1. The van der Waals surface area contributed by atoms with Crippen LogP contribution < -0.4 is 0 Å². The summed E-state index contributed by atoms with van der Waals surface area (Å²) in [5.74, 6) is 4.89. The molecule has 0 saturated carbocycles. The van der Waals surface area contributed by atoms with Gasteiger partial charge in [-0.15, -0.1) is 0 Å². The average Bonchev–Trinajstić information content (AvgIpc) is 2.52. The van der Waals surface area contributed by atoms with Gasteiger partial charge in [-0.05, 0) is 47.5 Å². The van der Waals surface area contributed by atoms with Crippen molar-refractivity contribution >= 4 is 5.97 Å². The van der Waals surface area contributed by atoms with Crippen LogP contribution in [-0.4, -0.2) is 21.3 Å². The monoisotopic (exact) mass is 282 g/mol. The van der Waals surface area contributed by atoms with E-state index >= 15 is 0 Å². The number of aromatic carboxylic acids is 1. The van der Waals surface area contributed by atoms with Crippen molar-refractivity contribution in [2.24, 2.45) is 0 Å². The third kappa shape index (κ3) is 3.93. The van der Waals surface area contributed by atoms with Gasteiger partial charge in [-0.25, -0.2) is 4.79 Å². The number of aliphatic hydroxyl groups excluding tert-OH is 2. The molecule has 0 saturated heterocycles. The smallest absolute Gasteiger partial charge is 0.335 e. The minimum atomic E-state index is -0.974. The predicted octanol–water partition coefficient (Wildman–Crippen LogP) is 1.77. The highest BCUT2D eigenvalue weighted by atomic mass is 16.4. The summed E-state index contributed by atoms with van der Waals surface area (Å²) < 4.78 is 0. The Balaban J connectivity index is 2.27. The average molecular weight is 282 g/mol. The number of carbonyl (C=O) groups is 1. The number of hydrogen-bond donors (Lipinski definition) is 3. The molecule has 0 aliphatic rings. The van der Waals surface area contributed by atoms with Crippen LogP contribution in [0.1, 0.15) is 32.6 Å². The fraction of sp³-hybridized carbons (Fsp3) is 0.118. The van der Waals surface area contributed by atoms with Crippen LogP contribution >= 0.6 is 0 Å². The first-order valence-corrected chi connectivity index (χ1v) is 6.32. The molecule has 4 heteroatoms. The Hall–Kier alpha value is -2.61. The van der Waals surface area contributed by atoms with Crippen LogP contribution in [0.3, 0.4) is 0 Å². The maximum atomic E-state index is 10.7. The Labute approximate surface area is 122 Å². The first kappa shape index (κ1) is 14.8. The molecular formula is C17H14O4. The highest BCUT2D eigenvalue weighted by molar-refractivity contribution is 5.87. The lowest BCUT2D eigenvalue weighted by Crippen LogP contribution is -1.95. The van der Waals surface area contributed by atoms with Gasteiger partial charge in [-0.1, -0.05) is 17.9 Å². The van der Waals surface area contributed by atoms with Crippen molar-refractivity contribution in [3.05, 3.63) is 70.3 Å². The minimum Gasteiger partial charge on any atom is -0.478 e. The SMILES string of the molecule is O=C(O)c1ccc(C#Cc2cc(CO)cc(CO)c2)cc1. The van der Waals surface area contributed by atoms with E-state index in [1.165, 1.54) is 12.1 Å². The van der Waals surface area contributed by atoms with Gasteiger partial charge in [0.15, 0.2) is 0 Å². The van der Waals surface area contributed by atoms with Crippen LogP contribution in [0.2, 0.25) is 0 Å². The highest BCUT2D eigenvalue weighted by Crippen LogP contribution is 2.10. The molecule has 0 atom stereocenters. The molecule has 3 N–H and O–H groups in total. The van der Waals surface area contributed by atoms with Gasteiger partial charge in [-0.2, -0.15) is 0 Å². The molecule has 0 aliphatic heterocycles. The molecule has 2 rings (SSSR count). The summed E-state index contributed by atoms with van der Waals surface area (Å²) >= 11 is 0. The second-order valence-corrected chi connectivity index (χ2v) is 4.49. The maximum Gasteiger partial charge on any atom is 0.335 e. The van der Waals surface area contributed by atoms with Crippen LogP contribution in [0.5, 0.6) is 0 Å². The number of carboxylic acid groups (broad SMARTS) is 1. The quantitative estimate of drug-likeness (QED) is 0.750. The summed E-state index contributed by atoms with van der Waals surface area (Å²) in [7, 11) is 0. The van der Waals surface area contributed by atoms with Gasteiger partial charge in [0.2, 0.25) is 0 Å². The normalized spacial score (nSPS) is 9.81. The topological polar surface area (TPSA) is 77.8 Å². The van der Waals surface area contributed by atoms with E-state index in [-0.39, 0.29) is 18.8 Å². The Bertz CT molecular complexity index is 684. The van der Waals surface area contributed by atoms with Gasteiger partial charge >= 0.3 is 5.97 Å². The molecule has 4 nitrogen and oxygen atoms in total. The van der Waals surface area contributed by atoms with Gasteiger partial charge in [0, 0.05) is 11.1 Å². The standard InChI is InChI=1S/C17H14O4/c18-10-14-7-13(8-15(9-14)11-19)2-1-12-3-5-16(6-4-12)17(20)21/h3-9,18-19H,10-11H2,(H,20,21). The first-order chi connectivity index (χ1) is 10.1. The van der Waals surface area contributed by atoms with E-state index in [0.29, 0.717) is 22.3 Å². The summed E-state index contributed by atoms with van der Waals surface area (Å²) in [6, 6.07) is 11.5. The van der Waals surface area contributed by atoms with Crippen LogP contribution in [0.25, 0.3) is 0 Å². The number of benzene rings is 2. The van der Waals surface area contributed by atoms with Gasteiger partial charge in [0.25, 0.3) is 0 Å². The number of hydrogen-bond acceptors (Lipinski definition) is 3. The van der Waals surface area contributed by atoms with Gasteiger partial charge in [-0.3, -0.25) is 0 Å². The van der Waals surface area contributed by atoms with Crippen molar-refractivity contribution in [2.75, 3.05) is 0 Å². The van der Waals surface area contributed by atoms with Crippen molar-refractivity contribution in [1.29, 1.82) is 0 Å². The fourth-order valence-corrected chi connectivity index (χ4v) is 1.86. The molecule has 0 spiro atoms. The van der Waals surface area contributed by atoms with Crippen LogP contribution in [-0.2, 0) is 13.2 Å². The first-order valence-electron chi connectivity index (χ1n) is 6.32. The molecule has 0 fully saturated rings. The molecule has 2 aromatic carbocycles. The summed E-state index contributed by atoms with van der Waals surface area (Å²) in [5, 5.41) is 27.1. The molecule has 0 aliphatic carbocycles. The predicted molar refractivity (Wildman–Crippen MR) is 77.7 cm³/mol. The number of rotatable bonds is 3. The van der Waals surface area contributed by atoms with E-state index in [4.69, 9.17) is 15.3 Å². The highest BCUT2D eigenvalue weighted by Gasteiger charge is 2.01. The molecule has 0 amide bonds. The van der Waals surface area contributed by atoms with E-state index in [2.05, 4.69) is 11.8 Å². The fourth-order valence-electron chi connectivity index (χ4n) is 1.86. The lowest BCUT2D eigenvalue weighted by molar-refractivity contribution is 0.0697. The molecular weight excluding hydrogens is 268 g/mol. The van der Waals surface area contributed by atoms with Gasteiger partial charge in [0.1, 0.15) is 0 Å². The summed E-state index contributed by atoms with van der Waals surface area (Å²) in [6.45, 7) is -0.230. The number of aliphatic hydroxyl groups is 2. The molecule has 2 aromatic rings. The van der Waals surface area contributed by atoms with E-state index < -0.39 is 5.97 Å². The zero-order valence-electron chi connectivity index (χ0n) is 11.2. The van der Waals surface area contributed by atoms with Crippen LogP contribution in [0.4, 0.5) is 0 Å². The largest absolute Gasteiger partial charge is 0.478 e. The molecule has 106 valence electrons. The Morgan fingerprint density at radius 3 is 1.86 bits per heavy atom. The van der Waals surface area contributed by atoms with E-state index in [9.17, 15) is 4.79 Å². The van der Waals surface area contributed by atoms with Gasteiger partial charge in [0.05, 0.1) is 18.8 Å². The molecule has 0 bridgehead atoms. The third-order valence-electron chi connectivity index (χ3n) is 2.90. The second-order valence-electron chi connectivity index (χ2n) is 4.49. The van der Waals surface area contributed by atoms with E-state index in [1.807, 2.05) is 0 Å². The molecule has 0 radical (unpaired) electrons. The third-order valence-corrected chi connectivity index (χ3v) is 2.90. The summed E-state index contributed by atoms with van der Waals surface area (Å²) in [4.78, 5) is 10.7. The maximum absolute atomic E-state index is 10.7. The molecule has 0 heterocycles. The zero-order chi connectivity index (χ0) is 15.2. The van der Waals surface area contributed by atoms with E-state index in [1.54, 1.807) is 30.3 Å². The van der Waals surface area contributed by atoms with Gasteiger partial charge < -0.3 is 15.3 Å². The molecule has 0 unspecified atom stereocenters. The van der Waals surface area contributed by atoms with E-state index in [0.717, 1.165) is 0 Å². The molecule has 21 heavy (non-hydrogen) atoms. The van der Waals surface area contributed by atoms with Crippen molar-refractivity contribution < 1.29 is 20.1 Å². The Morgan fingerprint density at radius 2 is 1.38 bits per heavy atom. The summed E-state index contributed by atoms with van der Waals surface area (Å²) in [6.07, 6.45) is 0. The van der Waals surface area contributed by atoms with Crippen molar-refractivity contribution in [3.8, 4) is 11.8 Å². The minimum absolute atomic E-state index is 0.115.